The largest absolute Gasteiger partial charge is 0.484 e. The fourth-order valence-electron chi connectivity index (χ4n) is 4.78. The second kappa shape index (κ2) is 8.38. The number of hydrogen-bond acceptors (Lipinski definition) is 5. The van der Waals surface area contributed by atoms with Crippen molar-refractivity contribution in [3.05, 3.63) is 68.3 Å². The van der Waals surface area contributed by atoms with E-state index in [0.29, 0.717) is 16.6 Å². The van der Waals surface area contributed by atoms with Gasteiger partial charge in [-0.2, -0.15) is 0 Å². The maximum atomic E-state index is 10.1. The number of thiazole rings is 1. The Morgan fingerprint density at radius 2 is 1.94 bits per heavy atom. The Labute approximate surface area is 196 Å². The van der Waals surface area contributed by atoms with E-state index in [1.54, 1.807) is 17.4 Å². The highest BCUT2D eigenvalue weighted by Crippen LogP contribution is 2.43. The molecule has 3 atom stereocenters. The van der Waals surface area contributed by atoms with E-state index in [1.807, 2.05) is 32.0 Å². The summed E-state index contributed by atoms with van der Waals surface area (Å²) in [6, 6.07) is 12.1. The minimum atomic E-state index is -0.284. The van der Waals surface area contributed by atoms with Gasteiger partial charge < -0.3 is 9.84 Å². The quantitative estimate of drug-likeness (QED) is 0.515. The first kappa shape index (κ1) is 21.2. The number of aromatic nitrogens is 1. The molecule has 2 heterocycles. The van der Waals surface area contributed by atoms with Crippen LogP contribution in [0.25, 0.3) is 10.4 Å². The second-order valence-electron chi connectivity index (χ2n) is 8.37. The molecule has 1 N–H and O–H groups in total. The Morgan fingerprint density at radius 1 is 1.16 bits per heavy atom. The van der Waals surface area contributed by atoms with Crippen molar-refractivity contribution in [2.45, 2.75) is 44.9 Å². The van der Waals surface area contributed by atoms with E-state index in [-0.39, 0.29) is 18.2 Å². The molecule has 2 aromatic carbocycles. The molecule has 1 aliphatic carbocycles. The van der Waals surface area contributed by atoms with Crippen molar-refractivity contribution in [3.8, 4) is 16.2 Å². The van der Waals surface area contributed by atoms with Gasteiger partial charge in [0.05, 0.1) is 27.7 Å². The molecule has 0 saturated carbocycles. The number of rotatable bonds is 4. The Hall–Kier alpha value is -1.63. The van der Waals surface area contributed by atoms with Crippen LogP contribution in [0.5, 0.6) is 5.75 Å². The minimum absolute atomic E-state index is 0.120. The fraction of sp³-hybridized carbons (Fsp3) is 0.375. The van der Waals surface area contributed by atoms with E-state index in [4.69, 9.17) is 27.9 Å². The summed E-state index contributed by atoms with van der Waals surface area (Å²) < 4.78 is 6.55. The first-order chi connectivity index (χ1) is 14.9. The lowest BCUT2D eigenvalue weighted by molar-refractivity contribution is 0.0818. The van der Waals surface area contributed by atoms with Gasteiger partial charge in [0.25, 0.3) is 0 Å². The van der Waals surface area contributed by atoms with E-state index in [1.165, 1.54) is 4.88 Å². The maximum absolute atomic E-state index is 10.1. The molecule has 1 aliphatic heterocycles. The van der Waals surface area contributed by atoms with E-state index < -0.39 is 0 Å². The van der Waals surface area contributed by atoms with E-state index in [2.05, 4.69) is 22.0 Å². The summed E-state index contributed by atoms with van der Waals surface area (Å²) in [4.78, 5) is 8.04. The van der Waals surface area contributed by atoms with E-state index >= 15 is 0 Å². The van der Waals surface area contributed by atoms with Crippen LogP contribution in [-0.4, -0.2) is 40.2 Å². The lowest BCUT2D eigenvalue weighted by Gasteiger charge is -2.30. The molecule has 5 rings (SSSR count). The highest BCUT2D eigenvalue weighted by molar-refractivity contribution is 7.15. The molecule has 1 unspecified atom stereocenters. The van der Waals surface area contributed by atoms with Crippen molar-refractivity contribution >= 4 is 34.5 Å². The topological polar surface area (TPSA) is 45.6 Å². The van der Waals surface area contributed by atoms with Crippen molar-refractivity contribution in [2.75, 3.05) is 13.1 Å². The van der Waals surface area contributed by atoms with Gasteiger partial charge in [-0.1, -0.05) is 23.2 Å². The van der Waals surface area contributed by atoms with Crippen molar-refractivity contribution in [1.82, 2.24) is 9.88 Å². The Kier molecular flexibility index (Phi) is 5.74. The molecule has 7 heteroatoms. The standard InChI is InChI=1S/C24H24Cl2N2O2S/c1-13-24(31-14(2)27-13)15-3-5-18(6-4-15)30-23-20-9-16(25)10-21(26)19(20)11-22(23)28-8-7-17(29)12-28/h3-6,9-10,17,22-23,29H,7-8,11-12H2,1-2H3/t17?,22-,23-/m0/s1. The first-order valence-corrected chi connectivity index (χ1v) is 12.1. The normalized spacial score (nSPS) is 23.3. The lowest BCUT2D eigenvalue weighted by atomic mass is 10.1. The number of likely N-dealkylation sites (tertiary alicyclic amines) is 1. The van der Waals surface area contributed by atoms with Gasteiger partial charge in [-0.25, -0.2) is 4.98 Å². The van der Waals surface area contributed by atoms with Crippen molar-refractivity contribution in [2.24, 2.45) is 0 Å². The maximum Gasteiger partial charge on any atom is 0.140 e. The molecule has 1 fully saturated rings. The third-order valence-corrected chi connectivity index (χ3v) is 7.89. The number of hydrogen-bond donors (Lipinski definition) is 1. The monoisotopic (exact) mass is 474 g/mol. The number of ether oxygens (including phenoxy) is 1. The van der Waals surface area contributed by atoms with Gasteiger partial charge in [0.15, 0.2) is 0 Å². The minimum Gasteiger partial charge on any atom is -0.484 e. The molecule has 1 aromatic heterocycles. The van der Waals surface area contributed by atoms with Gasteiger partial charge in [-0.3, -0.25) is 4.90 Å². The van der Waals surface area contributed by atoms with Crippen LogP contribution in [-0.2, 0) is 6.42 Å². The molecule has 0 bridgehead atoms. The summed E-state index contributed by atoms with van der Waals surface area (Å²) in [5.74, 6) is 0.807. The molecule has 31 heavy (non-hydrogen) atoms. The molecule has 0 amide bonds. The van der Waals surface area contributed by atoms with Crippen LogP contribution in [0, 0.1) is 13.8 Å². The van der Waals surface area contributed by atoms with Gasteiger partial charge in [0.1, 0.15) is 11.9 Å². The van der Waals surface area contributed by atoms with E-state index in [0.717, 1.165) is 52.5 Å². The average Bonchev–Trinajstić information content (AvgIpc) is 3.40. The number of fused-ring (bicyclic) bond motifs is 1. The predicted molar refractivity (Wildman–Crippen MR) is 127 cm³/mol. The average molecular weight is 475 g/mol. The first-order valence-electron chi connectivity index (χ1n) is 10.5. The number of aryl methyl sites for hydroxylation is 2. The van der Waals surface area contributed by atoms with Gasteiger partial charge >= 0.3 is 0 Å². The summed E-state index contributed by atoms with van der Waals surface area (Å²) in [6.45, 7) is 5.59. The molecule has 0 radical (unpaired) electrons. The number of halogens is 2. The van der Waals surface area contributed by atoms with Crippen molar-refractivity contribution in [3.63, 3.8) is 0 Å². The zero-order valence-electron chi connectivity index (χ0n) is 17.4. The molecule has 0 spiro atoms. The van der Waals surface area contributed by atoms with Crippen molar-refractivity contribution in [1.29, 1.82) is 0 Å². The molecule has 4 nitrogen and oxygen atoms in total. The Balaban J connectivity index is 1.45. The SMILES string of the molecule is Cc1nc(C)c(-c2ccc(O[C@H]3c4cc(Cl)cc(Cl)c4C[C@@H]3N3CCC(O)C3)cc2)s1. The van der Waals surface area contributed by atoms with Crippen LogP contribution >= 0.6 is 34.5 Å². The number of β-amino-alcohol motifs (C(OH)–C–C–N with tert-alkyl or cyclic N) is 1. The summed E-state index contributed by atoms with van der Waals surface area (Å²) in [7, 11) is 0. The summed E-state index contributed by atoms with van der Waals surface area (Å²) in [5, 5.41) is 12.5. The fourth-order valence-corrected chi connectivity index (χ4v) is 6.29. The predicted octanol–water partition coefficient (Wildman–Crippen LogP) is 5.85. The van der Waals surface area contributed by atoms with Gasteiger partial charge in [-0.05, 0) is 74.2 Å². The van der Waals surface area contributed by atoms with Crippen LogP contribution in [0.15, 0.2) is 36.4 Å². The van der Waals surface area contributed by atoms with Crippen LogP contribution < -0.4 is 4.74 Å². The Bertz CT molecular complexity index is 1120. The number of nitrogens with zero attached hydrogens (tertiary/aromatic N) is 2. The van der Waals surface area contributed by atoms with Gasteiger partial charge in [-0.15, -0.1) is 11.3 Å². The van der Waals surface area contributed by atoms with Crippen LogP contribution in [0.2, 0.25) is 10.0 Å². The highest BCUT2D eigenvalue weighted by Gasteiger charge is 2.41. The van der Waals surface area contributed by atoms with Gasteiger partial charge in [0.2, 0.25) is 0 Å². The molecular formula is C24H24Cl2N2O2S. The zero-order valence-corrected chi connectivity index (χ0v) is 19.8. The summed E-state index contributed by atoms with van der Waals surface area (Å²) in [6.07, 6.45) is 1.11. The lowest BCUT2D eigenvalue weighted by Crippen LogP contribution is -2.39. The molecule has 162 valence electrons. The smallest absolute Gasteiger partial charge is 0.140 e. The van der Waals surface area contributed by atoms with E-state index in [9.17, 15) is 5.11 Å². The summed E-state index contributed by atoms with van der Waals surface area (Å²) >= 11 is 14.6. The van der Waals surface area contributed by atoms with Crippen LogP contribution in [0.3, 0.4) is 0 Å². The van der Waals surface area contributed by atoms with Crippen LogP contribution in [0.4, 0.5) is 0 Å². The summed E-state index contributed by atoms with van der Waals surface area (Å²) in [5.41, 5.74) is 4.34. The third kappa shape index (κ3) is 4.10. The molecule has 3 aromatic rings. The highest BCUT2D eigenvalue weighted by atomic mass is 35.5. The molecule has 2 aliphatic rings. The number of aliphatic hydroxyl groups is 1. The Morgan fingerprint density at radius 3 is 2.58 bits per heavy atom. The van der Waals surface area contributed by atoms with Gasteiger partial charge in [0, 0.05) is 28.7 Å². The zero-order chi connectivity index (χ0) is 21.7. The number of benzene rings is 2. The third-order valence-electron chi connectivity index (χ3n) is 6.21. The second-order valence-corrected chi connectivity index (χ2v) is 10.4. The van der Waals surface area contributed by atoms with Crippen LogP contribution in [0.1, 0.15) is 34.4 Å². The number of aliphatic hydroxyl groups excluding tert-OH is 1. The van der Waals surface area contributed by atoms with Crippen molar-refractivity contribution < 1.29 is 9.84 Å². The molecule has 1 saturated heterocycles. The molecular weight excluding hydrogens is 451 g/mol.